The molecule has 3 rings (SSSR count). The highest BCUT2D eigenvalue weighted by Gasteiger charge is 2.30. The largest absolute Gasteiger partial charge is 0.573 e. The van der Waals surface area contributed by atoms with E-state index in [2.05, 4.69) is 20.3 Å². The molecule has 1 aromatic heterocycles. The quantitative estimate of drug-likeness (QED) is 0.596. The Balaban J connectivity index is 1.52. The van der Waals surface area contributed by atoms with Crippen molar-refractivity contribution < 1.29 is 27.1 Å². The van der Waals surface area contributed by atoms with Crippen molar-refractivity contribution in [1.82, 2.24) is 10.2 Å². The minimum absolute atomic E-state index is 0.00372. The number of nitrogens with one attached hydrogen (secondary N) is 1. The Hall–Kier alpha value is -3.01. The van der Waals surface area contributed by atoms with E-state index in [-0.39, 0.29) is 22.6 Å². The van der Waals surface area contributed by atoms with Crippen molar-refractivity contribution in [3.63, 3.8) is 0 Å². The summed E-state index contributed by atoms with van der Waals surface area (Å²) in [4.78, 5) is 12.0. The van der Waals surface area contributed by atoms with E-state index in [0.29, 0.717) is 11.6 Å². The Labute approximate surface area is 162 Å². The molecule has 0 saturated carbocycles. The molecule has 0 spiro atoms. The van der Waals surface area contributed by atoms with Crippen LogP contribution in [0.5, 0.6) is 5.75 Å². The van der Waals surface area contributed by atoms with Crippen LogP contribution in [0.4, 0.5) is 18.9 Å². The van der Waals surface area contributed by atoms with Crippen LogP contribution in [-0.4, -0.2) is 28.2 Å². The number of hydrogen-bond donors (Lipinski definition) is 1. The second-order valence-electron chi connectivity index (χ2n) is 5.65. The van der Waals surface area contributed by atoms with Gasteiger partial charge in [0.1, 0.15) is 5.75 Å². The number of carbonyl (C=O) groups excluding carboxylic acids is 1. The first kappa shape index (κ1) is 19.7. The molecule has 146 valence electrons. The number of carbonyl (C=O) groups is 1. The van der Waals surface area contributed by atoms with E-state index >= 15 is 0 Å². The van der Waals surface area contributed by atoms with Crippen LogP contribution in [0.2, 0.25) is 0 Å². The molecule has 0 bridgehead atoms. The average Bonchev–Trinajstić information content (AvgIpc) is 3.10. The number of ether oxygens (including phenoxy) is 1. The maximum atomic E-state index is 12.1. The fourth-order valence-corrected chi connectivity index (χ4v) is 2.79. The van der Waals surface area contributed by atoms with Crippen molar-refractivity contribution >= 4 is 23.4 Å². The van der Waals surface area contributed by atoms with Gasteiger partial charge in [-0.2, -0.15) is 0 Å². The number of hydrogen-bond acceptors (Lipinski definition) is 6. The summed E-state index contributed by atoms with van der Waals surface area (Å²) in [5, 5.41) is 10.6. The lowest BCUT2D eigenvalue weighted by molar-refractivity contribution is -0.274. The van der Waals surface area contributed by atoms with Crippen LogP contribution in [0.15, 0.2) is 58.2 Å². The van der Waals surface area contributed by atoms with Gasteiger partial charge in [0, 0.05) is 11.3 Å². The Bertz CT molecular complexity index is 958. The lowest BCUT2D eigenvalue weighted by atomic mass is 10.1. The summed E-state index contributed by atoms with van der Waals surface area (Å²) in [6, 6.07) is 12.4. The first-order valence-electron chi connectivity index (χ1n) is 7.97. The average molecular weight is 409 g/mol. The van der Waals surface area contributed by atoms with Crippen LogP contribution >= 0.6 is 11.8 Å². The van der Waals surface area contributed by atoms with Crippen molar-refractivity contribution in [2.45, 2.75) is 18.5 Å². The third-order valence-electron chi connectivity index (χ3n) is 3.37. The fraction of sp³-hybridized carbons (Fsp3) is 0.167. The molecule has 0 fully saturated rings. The summed E-state index contributed by atoms with van der Waals surface area (Å²) < 4.78 is 45.7. The third kappa shape index (κ3) is 5.74. The van der Waals surface area contributed by atoms with Gasteiger partial charge in [0.15, 0.2) is 0 Å². The molecule has 1 amide bonds. The number of alkyl halides is 3. The number of anilines is 1. The molecule has 0 aliphatic rings. The summed E-state index contributed by atoms with van der Waals surface area (Å²) in [6.07, 6.45) is -4.76. The Morgan fingerprint density at radius 2 is 1.93 bits per heavy atom. The van der Waals surface area contributed by atoms with Crippen LogP contribution in [0, 0.1) is 6.92 Å². The van der Waals surface area contributed by atoms with E-state index in [0.717, 1.165) is 35.0 Å². The number of benzene rings is 2. The van der Waals surface area contributed by atoms with Crippen molar-refractivity contribution in [2.24, 2.45) is 0 Å². The molecule has 0 radical (unpaired) electrons. The summed E-state index contributed by atoms with van der Waals surface area (Å²) in [6.45, 7) is 1.95. The zero-order valence-corrected chi connectivity index (χ0v) is 15.3. The smallest absolute Gasteiger partial charge is 0.411 e. The van der Waals surface area contributed by atoms with Gasteiger partial charge in [-0.25, -0.2) is 0 Å². The van der Waals surface area contributed by atoms with Crippen molar-refractivity contribution in [3.05, 3.63) is 54.1 Å². The Morgan fingerprint density at radius 3 is 2.61 bits per heavy atom. The number of halogens is 3. The molecule has 1 heterocycles. The monoisotopic (exact) mass is 409 g/mol. The topological polar surface area (TPSA) is 77.2 Å². The number of amides is 1. The van der Waals surface area contributed by atoms with Gasteiger partial charge < -0.3 is 14.5 Å². The number of nitrogens with zero attached hydrogens (tertiary/aromatic N) is 2. The zero-order valence-electron chi connectivity index (χ0n) is 14.5. The molecule has 10 heteroatoms. The van der Waals surface area contributed by atoms with Gasteiger partial charge in [-0.05, 0) is 43.3 Å². The standard InChI is InChI=1S/C18H14F3N3O3S/c1-11-3-2-4-12(9-11)16-23-24-17(26-16)28-10-15(25)22-13-5-7-14(8-6-13)27-18(19,20)21/h2-9H,10H2,1H3,(H,22,25). The van der Waals surface area contributed by atoms with Crippen LogP contribution in [0.3, 0.4) is 0 Å². The molecule has 1 N–H and O–H groups in total. The molecule has 0 atom stereocenters. The zero-order chi connectivity index (χ0) is 20.1. The molecule has 0 saturated heterocycles. The minimum Gasteiger partial charge on any atom is -0.411 e. The fourth-order valence-electron chi connectivity index (χ4n) is 2.23. The third-order valence-corrected chi connectivity index (χ3v) is 4.19. The van der Waals surface area contributed by atoms with Crippen LogP contribution in [0.25, 0.3) is 11.5 Å². The van der Waals surface area contributed by atoms with Crippen molar-refractivity contribution in [3.8, 4) is 17.2 Å². The highest BCUT2D eigenvalue weighted by molar-refractivity contribution is 7.99. The van der Waals surface area contributed by atoms with E-state index in [4.69, 9.17) is 4.42 Å². The molecule has 0 aliphatic heterocycles. The molecular weight excluding hydrogens is 395 g/mol. The summed E-state index contributed by atoms with van der Waals surface area (Å²) >= 11 is 1.05. The molecular formula is C18H14F3N3O3S. The van der Waals surface area contributed by atoms with E-state index in [1.807, 2.05) is 31.2 Å². The van der Waals surface area contributed by atoms with E-state index in [1.54, 1.807) is 0 Å². The number of aromatic nitrogens is 2. The predicted octanol–water partition coefficient (Wildman–Crippen LogP) is 4.67. The van der Waals surface area contributed by atoms with Crippen LogP contribution in [-0.2, 0) is 4.79 Å². The second kappa shape index (κ2) is 8.34. The molecule has 6 nitrogen and oxygen atoms in total. The highest BCUT2D eigenvalue weighted by atomic mass is 32.2. The van der Waals surface area contributed by atoms with Gasteiger partial charge in [-0.3, -0.25) is 4.79 Å². The normalized spacial score (nSPS) is 11.3. The van der Waals surface area contributed by atoms with Gasteiger partial charge in [-0.15, -0.1) is 23.4 Å². The Kier molecular flexibility index (Phi) is 5.88. The highest BCUT2D eigenvalue weighted by Crippen LogP contribution is 2.25. The van der Waals surface area contributed by atoms with Gasteiger partial charge >= 0.3 is 6.36 Å². The first-order valence-corrected chi connectivity index (χ1v) is 8.96. The maximum absolute atomic E-state index is 12.1. The van der Waals surface area contributed by atoms with Crippen LogP contribution in [0.1, 0.15) is 5.56 Å². The molecule has 0 aliphatic carbocycles. The number of thioether (sulfide) groups is 1. The SMILES string of the molecule is Cc1cccc(-c2nnc(SCC(=O)Nc3ccc(OC(F)(F)F)cc3)o2)c1. The molecule has 0 unspecified atom stereocenters. The summed E-state index contributed by atoms with van der Waals surface area (Å²) in [5.74, 6) is -0.387. The van der Waals surface area contributed by atoms with E-state index < -0.39 is 6.36 Å². The lowest BCUT2D eigenvalue weighted by Crippen LogP contribution is -2.17. The second-order valence-corrected chi connectivity index (χ2v) is 6.58. The minimum atomic E-state index is -4.76. The maximum Gasteiger partial charge on any atom is 0.573 e. The van der Waals surface area contributed by atoms with E-state index in [9.17, 15) is 18.0 Å². The van der Waals surface area contributed by atoms with Gasteiger partial charge in [0.05, 0.1) is 5.75 Å². The van der Waals surface area contributed by atoms with Crippen molar-refractivity contribution in [2.75, 3.05) is 11.1 Å². The molecule has 2 aromatic carbocycles. The van der Waals surface area contributed by atoms with E-state index in [1.165, 1.54) is 12.1 Å². The first-order chi connectivity index (χ1) is 13.3. The number of aryl methyl sites for hydroxylation is 1. The van der Waals surface area contributed by atoms with Gasteiger partial charge in [-0.1, -0.05) is 29.5 Å². The van der Waals surface area contributed by atoms with Crippen molar-refractivity contribution in [1.29, 1.82) is 0 Å². The van der Waals surface area contributed by atoms with Crippen LogP contribution < -0.4 is 10.1 Å². The van der Waals surface area contributed by atoms with Gasteiger partial charge in [0.2, 0.25) is 11.8 Å². The summed E-state index contributed by atoms with van der Waals surface area (Å²) in [5.41, 5.74) is 2.17. The molecule has 3 aromatic rings. The number of rotatable bonds is 6. The lowest BCUT2D eigenvalue weighted by Gasteiger charge is -2.09. The predicted molar refractivity (Wildman–Crippen MR) is 96.9 cm³/mol. The summed E-state index contributed by atoms with van der Waals surface area (Å²) in [7, 11) is 0. The van der Waals surface area contributed by atoms with Gasteiger partial charge in [0.25, 0.3) is 5.22 Å². The Morgan fingerprint density at radius 1 is 1.18 bits per heavy atom. The molecule has 28 heavy (non-hydrogen) atoms.